The number of rotatable bonds is 4. The summed E-state index contributed by atoms with van der Waals surface area (Å²) in [6.07, 6.45) is 0. The third-order valence-corrected chi connectivity index (χ3v) is 6.43. The summed E-state index contributed by atoms with van der Waals surface area (Å²) in [5.41, 5.74) is 3.40. The van der Waals surface area contributed by atoms with Gasteiger partial charge in [-0.05, 0) is 57.2 Å². The van der Waals surface area contributed by atoms with Crippen LogP contribution in [-0.4, -0.2) is 0 Å². The Balaban J connectivity index is 2.09. The first kappa shape index (κ1) is 16.5. The van der Waals surface area contributed by atoms with Crippen molar-refractivity contribution in [1.29, 1.82) is 0 Å². The van der Waals surface area contributed by atoms with E-state index in [0.29, 0.717) is 16.4 Å². The van der Waals surface area contributed by atoms with Gasteiger partial charge in [0.15, 0.2) is 0 Å². The molecule has 24 heavy (non-hydrogen) atoms. The first-order valence-electron chi connectivity index (χ1n) is 7.98. The van der Waals surface area contributed by atoms with Crippen LogP contribution in [0, 0.1) is 20.8 Å². The zero-order valence-electron chi connectivity index (χ0n) is 14.2. The predicted octanol–water partition coefficient (Wildman–Crippen LogP) is 4.92. The van der Waals surface area contributed by atoms with Gasteiger partial charge < -0.3 is 4.52 Å². The Labute approximate surface area is 143 Å². The fourth-order valence-corrected chi connectivity index (χ4v) is 4.49. The van der Waals surface area contributed by atoms with Crippen molar-refractivity contribution in [2.24, 2.45) is 0 Å². The van der Waals surface area contributed by atoms with E-state index in [1.165, 1.54) is 0 Å². The Bertz CT molecular complexity index is 814. The molecule has 0 atom stereocenters. The van der Waals surface area contributed by atoms with Gasteiger partial charge in [0, 0.05) is 0 Å². The lowest BCUT2D eigenvalue weighted by Gasteiger charge is -2.21. The van der Waals surface area contributed by atoms with Crippen molar-refractivity contribution in [2.75, 3.05) is 0 Å². The smallest absolute Gasteiger partial charge is 0.306 e. The summed E-state index contributed by atoms with van der Waals surface area (Å²) >= 11 is 0. The molecular formula is C21H21O2P. The number of aryl methyl sites for hydroxylation is 3. The van der Waals surface area contributed by atoms with Crippen molar-refractivity contribution >= 4 is 18.0 Å². The Morgan fingerprint density at radius 3 is 1.29 bits per heavy atom. The van der Waals surface area contributed by atoms with Crippen LogP contribution in [-0.2, 0) is 4.57 Å². The third-order valence-electron chi connectivity index (χ3n) is 4.00. The van der Waals surface area contributed by atoms with Crippen molar-refractivity contribution in [3.8, 4) is 5.75 Å². The SMILES string of the molecule is Cc1ccc(OP(=O)(c2ccc(C)cc2)c2ccc(C)cc2)cc1. The van der Waals surface area contributed by atoms with Gasteiger partial charge in [-0.1, -0.05) is 53.1 Å². The summed E-state index contributed by atoms with van der Waals surface area (Å²) in [5, 5.41) is 1.41. The van der Waals surface area contributed by atoms with Crippen LogP contribution in [0.5, 0.6) is 5.75 Å². The maximum atomic E-state index is 13.9. The van der Waals surface area contributed by atoms with Gasteiger partial charge in [-0.2, -0.15) is 0 Å². The van der Waals surface area contributed by atoms with Gasteiger partial charge in [-0.25, -0.2) is 0 Å². The molecule has 0 unspecified atom stereocenters. The predicted molar refractivity (Wildman–Crippen MR) is 101 cm³/mol. The highest BCUT2D eigenvalue weighted by Crippen LogP contribution is 2.45. The molecule has 0 bridgehead atoms. The van der Waals surface area contributed by atoms with Crippen LogP contribution in [0.2, 0.25) is 0 Å². The lowest BCUT2D eigenvalue weighted by atomic mass is 10.2. The van der Waals surface area contributed by atoms with Crippen LogP contribution in [0.1, 0.15) is 16.7 Å². The first-order valence-corrected chi connectivity index (χ1v) is 9.61. The molecule has 0 aliphatic heterocycles. The molecule has 0 radical (unpaired) electrons. The molecule has 0 saturated heterocycles. The van der Waals surface area contributed by atoms with E-state index in [1.807, 2.05) is 93.6 Å². The second kappa shape index (κ2) is 6.67. The second-order valence-corrected chi connectivity index (χ2v) is 8.45. The van der Waals surface area contributed by atoms with Gasteiger partial charge in [-0.15, -0.1) is 0 Å². The molecule has 0 spiro atoms. The van der Waals surface area contributed by atoms with Crippen LogP contribution in [0.3, 0.4) is 0 Å². The zero-order chi connectivity index (χ0) is 17.2. The molecule has 3 rings (SSSR count). The molecular weight excluding hydrogens is 315 g/mol. The molecule has 3 aromatic carbocycles. The minimum absolute atomic E-state index is 0.616. The van der Waals surface area contributed by atoms with E-state index in [-0.39, 0.29) is 0 Å². The van der Waals surface area contributed by atoms with Gasteiger partial charge in [0.05, 0.1) is 10.6 Å². The van der Waals surface area contributed by atoms with Crippen molar-refractivity contribution in [3.63, 3.8) is 0 Å². The van der Waals surface area contributed by atoms with E-state index in [4.69, 9.17) is 4.52 Å². The largest absolute Gasteiger partial charge is 0.437 e. The minimum Gasteiger partial charge on any atom is -0.437 e. The van der Waals surface area contributed by atoms with E-state index in [0.717, 1.165) is 16.7 Å². The molecule has 0 N–H and O–H groups in total. The van der Waals surface area contributed by atoms with Gasteiger partial charge in [0.2, 0.25) is 0 Å². The van der Waals surface area contributed by atoms with Crippen molar-refractivity contribution in [2.45, 2.75) is 20.8 Å². The van der Waals surface area contributed by atoms with E-state index < -0.39 is 7.37 Å². The Hall–Kier alpha value is -2.31. The summed E-state index contributed by atoms with van der Waals surface area (Å²) in [4.78, 5) is 0. The maximum absolute atomic E-state index is 13.9. The topological polar surface area (TPSA) is 26.3 Å². The third kappa shape index (κ3) is 3.44. The molecule has 3 aromatic rings. The molecule has 0 aliphatic rings. The normalized spacial score (nSPS) is 11.3. The van der Waals surface area contributed by atoms with E-state index in [2.05, 4.69) is 0 Å². The van der Waals surface area contributed by atoms with Crippen molar-refractivity contribution in [1.82, 2.24) is 0 Å². The van der Waals surface area contributed by atoms with E-state index in [1.54, 1.807) is 0 Å². The lowest BCUT2D eigenvalue weighted by molar-refractivity contribution is 0.502. The standard InChI is InChI=1S/C21H21O2P/c1-16-4-10-19(11-5-16)23-24(22,20-12-6-17(2)7-13-20)21-14-8-18(3)9-15-21/h4-15H,1-3H3. The fourth-order valence-electron chi connectivity index (χ4n) is 2.48. The van der Waals surface area contributed by atoms with Crippen molar-refractivity contribution in [3.05, 3.63) is 89.5 Å². The van der Waals surface area contributed by atoms with Gasteiger partial charge in [0.1, 0.15) is 5.75 Å². The summed E-state index contributed by atoms with van der Waals surface area (Å²) in [5.74, 6) is 0.616. The molecule has 0 saturated carbocycles. The Morgan fingerprint density at radius 1 is 0.583 bits per heavy atom. The second-order valence-electron chi connectivity index (χ2n) is 6.13. The van der Waals surface area contributed by atoms with Gasteiger partial charge >= 0.3 is 7.37 Å². The van der Waals surface area contributed by atoms with Crippen molar-refractivity contribution < 1.29 is 9.09 Å². The molecule has 0 heterocycles. The number of benzene rings is 3. The molecule has 3 heteroatoms. The molecule has 0 aliphatic carbocycles. The quantitative estimate of drug-likeness (QED) is 0.632. The number of hydrogen-bond donors (Lipinski definition) is 0. The summed E-state index contributed by atoms with van der Waals surface area (Å²) < 4.78 is 19.9. The van der Waals surface area contributed by atoms with Crippen LogP contribution >= 0.6 is 7.37 Å². The molecule has 0 aromatic heterocycles. The zero-order valence-corrected chi connectivity index (χ0v) is 15.1. The van der Waals surface area contributed by atoms with E-state index in [9.17, 15) is 4.57 Å². The average Bonchev–Trinajstić information content (AvgIpc) is 2.58. The monoisotopic (exact) mass is 336 g/mol. The van der Waals surface area contributed by atoms with Crippen LogP contribution in [0.25, 0.3) is 0 Å². The van der Waals surface area contributed by atoms with Crippen LogP contribution < -0.4 is 15.1 Å². The Kier molecular flexibility index (Phi) is 4.59. The highest BCUT2D eigenvalue weighted by molar-refractivity contribution is 7.74. The van der Waals surface area contributed by atoms with Crippen LogP contribution in [0.15, 0.2) is 72.8 Å². The highest BCUT2D eigenvalue weighted by atomic mass is 31.2. The summed E-state index contributed by atoms with van der Waals surface area (Å²) in [6, 6.07) is 23.1. The Morgan fingerprint density at radius 2 is 0.917 bits per heavy atom. The fraction of sp³-hybridized carbons (Fsp3) is 0.143. The molecule has 0 amide bonds. The molecule has 122 valence electrons. The first-order chi connectivity index (χ1) is 11.5. The summed E-state index contributed by atoms with van der Waals surface area (Å²) in [7, 11) is -3.20. The number of hydrogen-bond acceptors (Lipinski definition) is 2. The minimum atomic E-state index is -3.20. The van der Waals surface area contributed by atoms with Crippen LogP contribution in [0.4, 0.5) is 0 Å². The molecule has 2 nitrogen and oxygen atoms in total. The maximum Gasteiger partial charge on any atom is 0.306 e. The highest BCUT2D eigenvalue weighted by Gasteiger charge is 2.30. The average molecular weight is 336 g/mol. The van der Waals surface area contributed by atoms with E-state index >= 15 is 0 Å². The summed E-state index contributed by atoms with van der Waals surface area (Å²) in [6.45, 7) is 6.05. The van der Waals surface area contributed by atoms with Gasteiger partial charge in [-0.3, -0.25) is 4.57 Å². The lowest BCUT2D eigenvalue weighted by Crippen LogP contribution is -2.20. The molecule has 0 fully saturated rings. The van der Waals surface area contributed by atoms with Gasteiger partial charge in [0.25, 0.3) is 0 Å².